The molecule has 3 amide bonds. The van der Waals surface area contributed by atoms with Crippen molar-refractivity contribution < 1.29 is 23.1 Å². The average molecular weight is 308 g/mol. The Hall–Kier alpha value is -2.09. The van der Waals surface area contributed by atoms with E-state index in [0.29, 0.717) is 5.69 Å². The first-order valence-corrected chi connectivity index (χ1v) is 5.80. The number of carbonyl (C=O) groups excluding carboxylic acids is 2. The number of imide groups is 1. The predicted molar refractivity (Wildman–Crippen MR) is 69.2 cm³/mol. The number of hydrogen-bond acceptors (Lipinski definition) is 4. The Balaban J connectivity index is 2.55. The molecule has 0 aliphatic rings. The number of anilines is 1. The van der Waals surface area contributed by atoms with E-state index in [1.165, 1.54) is 25.2 Å². The molecule has 0 radical (unpaired) electrons. The molecule has 1 aromatic rings. The van der Waals surface area contributed by atoms with Crippen LogP contribution in [0.5, 0.6) is 5.75 Å². The lowest BCUT2D eigenvalue weighted by atomic mass is 10.3. The molecule has 0 saturated heterocycles. The van der Waals surface area contributed by atoms with Crippen LogP contribution in [0.2, 0.25) is 5.02 Å². The lowest BCUT2D eigenvalue weighted by molar-refractivity contribution is -0.118. The van der Waals surface area contributed by atoms with E-state index < -0.39 is 18.5 Å². The molecule has 0 saturated carbocycles. The van der Waals surface area contributed by atoms with Gasteiger partial charge in [-0.05, 0) is 18.2 Å². The van der Waals surface area contributed by atoms with E-state index in [2.05, 4.69) is 15.4 Å². The molecule has 110 valence electrons. The predicted octanol–water partition coefficient (Wildman–Crippen LogP) is 1.81. The summed E-state index contributed by atoms with van der Waals surface area (Å²) in [6, 6.07) is 3.35. The van der Waals surface area contributed by atoms with Crippen molar-refractivity contribution in [2.24, 2.45) is 0 Å². The highest BCUT2D eigenvalue weighted by atomic mass is 35.5. The van der Waals surface area contributed by atoms with E-state index >= 15 is 0 Å². The van der Waals surface area contributed by atoms with Gasteiger partial charge in [0.1, 0.15) is 5.75 Å². The summed E-state index contributed by atoms with van der Waals surface area (Å²) in [6.45, 7) is -3.15. The molecule has 1 aromatic carbocycles. The van der Waals surface area contributed by atoms with E-state index in [4.69, 9.17) is 11.6 Å². The fourth-order valence-corrected chi connectivity index (χ4v) is 1.44. The van der Waals surface area contributed by atoms with Gasteiger partial charge in [0.2, 0.25) is 5.91 Å². The maximum atomic E-state index is 12.0. The van der Waals surface area contributed by atoms with Crippen LogP contribution in [-0.4, -0.2) is 32.1 Å². The molecule has 0 bridgehead atoms. The first kappa shape index (κ1) is 16.0. The van der Waals surface area contributed by atoms with Gasteiger partial charge in [0.15, 0.2) is 0 Å². The Morgan fingerprint density at radius 1 is 1.40 bits per heavy atom. The van der Waals surface area contributed by atoms with Crippen LogP contribution >= 0.6 is 11.6 Å². The standard InChI is InChI=1S/C11H12ClF2N3O3/c1-15-11(19)17-9(18)5-16-6-2-3-8(7(12)4-6)20-10(13)14/h2-4,10,16H,5H2,1H3,(H2,15,17,18,19). The Morgan fingerprint density at radius 2 is 2.10 bits per heavy atom. The van der Waals surface area contributed by atoms with Crippen molar-refractivity contribution in [3.63, 3.8) is 0 Å². The number of hydrogen-bond donors (Lipinski definition) is 3. The van der Waals surface area contributed by atoms with E-state index in [1.54, 1.807) is 0 Å². The molecular formula is C11H12ClF2N3O3. The molecule has 0 aliphatic heterocycles. The summed E-state index contributed by atoms with van der Waals surface area (Å²) in [5, 5.41) is 6.91. The minimum Gasteiger partial charge on any atom is -0.433 e. The number of carbonyl (C=O) groups is 2. The highest BCUT2D eigenvalue weighted by Gasteiger charge is 2.10. The third kappa shape index (κ3) is 5.27. The second kappa shape index (κ2) is 7.49. The van der Waals surface area contributed by atoms with Gasteiger partial charge in [0.25, 0.3) is 0 Å². The molecule has 0 atom stereocenters. The van der Waals surface area contributed by atoms with Crippen LogP contribution in [0.1, 0.15) is 0 Å². The summed E-state index contributed by atoms with van der Waals surface area (Å²) in [6.07, 6.45) is 0. The van der Waals surface area contributed by atoms with Gasteiger partial charge in [-0.1, -0.05) is 11.6 Å². The monoisotopic (exact) mass is 307 g/mol. The van der Waals surface area contributed by atoms with Crippen LogP contribution < -0.4 is 20.7 Å². The summed E-state index contributed by atoms with van der Waals surface area (Å²) in [4.78, 5) is 22.1. The number of amides is 3. The zero-order valence-electron chi connectivity index (χ0n) is 10.4. The Morgan fingerprint density at radius 3 is 2.65 bits per heavy atom. The summed E-state index contributed by atoms with van der Waals surface area (Å²) in [5.74, 6) is -0.726. The van der Waals surface area contributed by atoms with Crippen molar-refractivity contribution in [3.8, 4) is 5.75 Å². The molecular weight excluding hydrogens is 296 g/mol. The van der Waals surface area contributed by atoms with Crippen molar-refractivity contribution in [2.75, 3.05) is 18.9 Å². The molecule has 0 aliphatic carbocycles. The average Bonchev–Trinajstić information content (AvgIpc) is 2.38. The molecule has 20 heavy (non-hydrogen) atoms. The van der Waals surface area contributed by atoms with Crippen molar-refractivity contribution in [1.82, 2.24) is 10.6 Å². The van der Waals surface area contributed by atoms with Crippen molar-refractivity contribution in [1.29, 1.82) is 0 Å². The quantitative estimate of drug-likeness (QED) is 0.775. The van der Waals surface area contributed by atoms with Crippen LogP contribution in [-0.2, 0) is 4.79 Å². The van der Waals surface area contributed by atoms with Crippen LogP contribution in [0, 0.1) is 0 Å². The molecule has 0 aromatic heterocycles. The van der Waals surface area contributed by atoms with Crippen LogP contribution in [0.25, 0.3) is 0 Å². The summed E-state index contributed by atoms with van der Waals surface area (Å²) in [7, 11) is 1.37. The van der Waals surface area contributed by atoms with E-state index in [-0.39, 0.29) is 17.3 Å². The number of benzene rings is 1. The molecule has 0 spiro atoms. The Kier molecular flexibility index (Phi) is 5.98. The van der Waals surface area contributed by atoms with Gasteiger partial charge in [-0.25, -0.2) is 4.79 Å². The topological polar surface area (TPSA) is 79.5 Å². The number of nitrogens with one attached hydrogen (secondary N) is 3. The van der Waals surface area contributed by atoms with Crippen LogP contribution in [0.3, 0.4) is 0 Å². The van der Waals surface area contributed by atoms with Crippen LogP contribution in [0.4, 0.5) is 19.3 Å². The maximum absolute atomic E-state index is 12.0. The SMILES string of the molecule is CNC(=O)NC(=O)CNc1ccc(OC(F)F)c(Cl)c1. The number of halogens is 3. The van der Waals surface area contributed by atoms with E-state index in [1.807, 2.05) is 5.32 Å². The van der Waals surface area contributed by atoms with E-state index in [0.717, 1.165) is 0 Å². The summed E-state index contributed by atoms with van der Waals surface area (Å²) < 4.78 is 28.2. The van der Waals surface area contributed by atoms with Gasteiger partial charge in [-0.15, -0.1) is 0 Å². The second-order valence-corrected chi connectivity index (χ2v) is 3.91. The molecule has 0 unspecified atom stereocenters. The van der Waals surface area contributed by atoms with Crippen LogP contribution in [0.15, 0.2) is 18.2 Å². The molecule has 0 heterocycles. The number of urea groups is 1. The number of rotatable bonds is 5. The third-order valence-electron chi connectivity index (χ3n) is 2.08. The number of alkyl halides is 2. The van der Waals surface area contributed by atoms with Gasteiger partial charge in [-0.2, -0.15) is 8.78 Å². The highest BCUT2D eigenvalue weighted by Crippen LogP contribution is 2.28. The van der Waals surface area contributed by atoms with Crippen molar-refractivity contribution in [2.45, 2.75) is 6.61 Å². The summed E-state index contributed by atoms with van der Waals surface area (Å²) >= 11 is 5.73. The normalized spacial score (nSPS) is 10.1. The lowest BCUT2D eigenvalue weighted by Gasteiger charge is -2.10. The largest absolute Gasteiger partial charge is 0.433 e. The summed E-state index contributed by atoms with van der Waals surface area (Å²) in [5.41, 5.74) is 0.420. The van der Waals surface area contributed by atoms with Gasteiger partial charge in [-0.3, -0.25) is 10.1 Å². The minimum absolute atomic E-state index is 0.0259. The van der Waals surface area contributed by atoms with Gasteiger partial charge in [0.05, 0.1) is 11.6 Å². The van der Waals surface area contributed by atoms with Gasteiger partial charge in [0, 0.05) is 12.7 Å². The maximum Gasteiger partial charge on any atom is 0.387 e. The fourth-order valence-electron chi connectivity index (χ4n) is 1.22. The first-order chi connectivity index (χ1) is 9.42. The van der Waals surface area contributed by atoms with Gasteiger partial charge < -0.3 is 15.4 Å². The fraction of sp³-hybridized carbons (Fsp3) is 0.273. The first-order valence-electron chi connectivity index (χ1n) is 5.42. The molecule has 0 fully saturated rings. The Bertz CT molecular complexity index is 500. The number of ether oxygens (including phenoxy) is 1. The molecule has 6 nitrogen and oxygen atoms in total. The zero-order chi connectivity index (χ0) is 15.1. The molecule has 3 N–H and O–H groups in total. The highest BCUT2D eigenvalue weighted by molar-refractivity contribution is 6.32. The minimum atomic E-state index is -2.97. The van der Waals surface area contributed by atoms with Crippen molar-refractivity contribution in [3.05, 3.63) is 23.2 Å². The third-order valence-corrected chi connectivity index (χ3v) is 2.38. The van der Waals surface area contributed by atoms with E-state index in [9.17, 15) is 18.4 Å². The van der Waals surface area contributed by atoms with Gasteiger partial charge >= 0.3 is 12.6 Å². The zero-order valence-corrected chi connectivity index (χ0v) is 11.1. The smallest absolute Gasteiger partial charge is 0.387 e. The van der Waals surface area contributed by atoms with Crippen molar-refractivity contribution >= 4 is 29.2 Å². The lowest BCUT2D eigenvalue weighted by Crippen LogP contribution is -2.40. The molecule has 9 heteroatoms. The molecule has 1 rings (SSSR count). The second-order valence-electron chi connectivity index (χ2n) is 3.50. The Labute approximate surface area is 118 Å².